The Balaban J connectivity index is 3.71. The average molecular weight is 606 g/mol. The zero-order chi connectivity index (χ0) is 30.9. The molecule has 0 heterocycles. The summed E-state index contributed by atoms with van der Waals surface area (Å²) in [5, 5.41) is 0. The fourth-order valence-corrected chi connectivity index (χ4v) is 2.36. The Hall–Kier alpha value is -2.71. The quantitative estimate of drug-likeness (QED) is 0.232. The van der Waals surface area contributed by atoms with Gasteiger partial charge in [-0.2, -0.15) is 83.4 Å². The average Bonchev–Trinajstić information content (AvgIpc) is 2.69. The second-order valence-electron chi connectivity index (χ2n) is 7.38. The van der Waals surface area contributed by atoms with Gasteiger partial charge in [-0.3, -0.25) is 0 Å². The molecule has 0 fully saturated rings. The molecule has 0 saturated carbocycles. The highest BCUT2D eigenvalue weighted by molar-refractivity contribution is 5.63. The maximum atomic E-state index is 13.9. The first-order chi connectivity index (χ1) is 16.3. The van der Waals surface area contributed by atoms with Gasteiger partial charge in [0.25, 0.3) is 0 Å². The number of aryl methyl sites for hydroxylation is 1. The first-order valence-corrected chi connectivity index (χ1v) is 8.73. The van der Waals surface area contributed by atoms with Gasteiger partial charge in [-0.25, -0.2) is 0 Å². The van der Waals surface area contributed by atoms with E-state index in [1.165, 1.54) is 0 Å². The standard InChI is InChI=1S/C16H9F19N2O/c1-4-2-6(37)7(3-5(4)36)38-16(34,35)14(29,30)12(25,26)10(21,22)8(17,18)9(19,20)11(23,24)13(27,28)15(31,32)33/h2-3H,36-37H2,1H3. The molecule has 0 aliphatic carbocycles. The van der Waals surface area contributed by atoms with Crippen molar-refractivity contribution in [2.45, 2.75) is 60.7 Å². The summed E-state index contributed by atoms with van der Waals surface area (Å²) in [6, 6.07) is 0.608. The first-order valence-electron chi connectivity index (χ1n) is 8.73. The molecular weight excluding hydrogens is 597 g/mol. The van der Waals surface area contributed by atoms with E-state index in [0.717, 1.165) is 6.92 Å². The number of ether oxygens (including phenoxy) is 1. The van der Waals surface area contributed by atoms with Crippen LogP contribution < -0.4 is 16.2 Å². The van der Waals surface area contributed by atoms with E-state index >= 15 is 0 Å². The number of alkyl halides is 19. The highest BCUT2D eigenvalue weighted by Gasteiger charge is 2.97. The lowest BCUT2D eigenvalue weighted by Crippen LogP contribution is -2.76. The maximum Gasteiger partial charge on any atom is 0.471 e. The van der Waals surface area contributed by atoms with Gasteiger partial charge in [0.2, 0.25) is 0 Å². The summed E-state index contributed by atoms with van der Waals surface area (Å²) >= 11 is 0. The molecule has 1 aromatic carbocycles. The smallest absolute Gasteiger partial charge is 0.426 e. The summed E-state index contributed by atoms with van der Waals surface area (Å²) in [6.07, 6.45) is -15.1. The summed E-state index contributed by atoms with van der Waals surface area (Å²) < 4.78 is 255. The van der Waals surface area contributed by atoms with Gasteiger partial charge in [-0.1, -0.05) is 0 Å². The molecule has 0 aliphatic heterocycles. The summed E-state index contributed by atoms with van der Waals surface area (Å²) in [5.41, 5.74) is 8.20. The Kier molecular flexibility index (Phi) is 7.58. The number of halogens is 19. The van der Waals surface area contributed by atoms with Crippen molar-refractivity contribution in [1.29, 1.82) is 0 Å². The van der Waals surface area contributed by atoms with Gasteiger partial charge in [0, 0.05) is 11.8 Å². The lowest BCUT2D eigenvalue weighted by Gasteiger charge is -2.43. The van der Waals surface area contributed by atoms with Crippen molar-refractivity contribution in [3.05, 3.63) is 17.7 Å². The Bertz CT molecular complexity index is 1050. The van der Waals surface area contributed by atoms with E-state index in [9.17, 15) is 83.4 Å². The normalized spacial score (nSPS) is 15.6. The summed E-state index contributed by atoms with van der Waals surface area (Å²) in [6.45, 7) is 1.08. The van der Waals surface area contributed by atoms with Crippen molar-refractivity contribution in [2.75, 3.05) is 11.5 Å². The molecule has 0 atom stereocenters. The third kappa shape index (κ3) is 4.26. The Morgan fingerprint density at radius 3 is 1.13 bits per heavy atom. The van der Waals surface area contributed by atoms with Crippen molar-refractivity contribution in [3.63, 3.8) is 0 Å². The lowest BCUT2D eigenvalue weighted by atomic mass is 9.88. The molecular formula is C16H9F19N2O. The van der Waals surface area contributed by atoms with Crippen molar-refractivity contribution < 1.29 is 88.2 Å². The van der Waals surface area contributed by atoms with Crippen LogP contribution in [-0.4, -0.2) is 53.7 Å². The van der Waals surface area contributed by atoms with Gasteiger partial charge in [-0.05, 0) is 18.6 Å². The molecule has 3 nitrogen and oxygen atoms in total. The predicted molar refractivity (Wildman–Crippen MR) is 86.3 cm³/mol. The molecule has 222 valence electrons. The van der Waals surface area contributed by atoms with Crippen LogP contribution in [0.3, 0.4) is 0 Å². The van der Waals surface area contributed by atoms with Crippen LogP contribution in [0.4, 0.5) is 94.8 Å². The minimum atomic E-state index is -9.01. The Labute approximate surface area is 196 Å². The number of nitrogens with two attached hydrogens (primary N) is 2. The zero-order valence-corrected chi connectivity index (χ0v) is 17.4. The van der Waals surface area contributed by atoms with Gasteiger partial charge in [0.1, 0.15) is 0 Å². The van der Waals surface area contributed by atoms with Crippen LogP contribution in [0.25, 0.3) is 0 Å². The zero-order valence-electron chi connectivity index (χ0n) is 17.4. The van der Waals surface area contributed by atoms with E-state index in [1.54, 1.807) is 0 Å². The van der Waals surface area contributed by atoms with Crippen LogP contribution in [-0.2, 0) is 0 Å². The number of hydrogen-bond acceptors (Lipinski definition) is 3. The maximum absolute atomic E-state index is 13.9. The first kappa shape index (κ1) is 33.3. The fourth-order valence-electron chi connectivity index (χ4n) is 2.36. The van der Waals surface area contributed by atoms with Gasteiger partial charge < -0.3 is 16.2 Å². The van der Waals surface area contributed by atoms with E-state index in [-0.39, 0.29) is 11.6 Å². The molecule has 0 radical (unpaired) electrons. The second-order valence-corrected chi connectivity index (χ2v) is 7.38. The number of rotatable bonds is 9. The van der Waals surface area contributed by atoms with Crippen LogP contribution in [0.2, 0.25) is 0 Å². The monoisotopic (exact) mass is 606 g/mol. The van der Waals surface area contributed by atoms with Crippen molar-refractivity contribution in [3.8, 4) is 5.75 Å². The molecule has 4 N–H and O–H groups in total. The molecule has 38 heavy (non-hydrogen) atoms. The third-order valence-corrected chi connectivity index (χ3v) is 4.72. The molecule has 22 heteroatoms. The van der Waals surface area contributed by atoms with Gasteiger partial charge in [0.05, 0.1) is 5.69 Å². The van der Waals surface area contributed by atoms with Crippen LogP contribution in [0, 0.1) is 6.92 Å². The highest BCUT2D eigenvalue weighted by Crippen LogP contribution is 2.65. The van der Waals surface area contributed by atoms with E-state index in [4.69, 9.17) is 11.5 Å². The molecule has 0 amide bonds. The van der Waals surface area contributed by atoms with E-state index in [2.05, 4.69) is 4.74 Å². The third-order valence-electron chi connectivity index (χ3n) is 4.72. The second kappa shape index (κ2) is 8.65. The summed E-state index contributed by atoms with van der Waals surface area (Å²) in [7, 11) is 0. The highest BCUT2D eigenvalue weighted by atomic mass is 19.4. The molecule has 0 aliphatic rings. The van der Waals surface area contributed by atoms with E-state index < -0.39 is 70.9 Å². The fraction of sp³-hybridized carbons (Fsp3) is 0.625. The molecule has 0 bridgehead atoms. The number of nitrogen functional groups attached to an aromatic ring is 2. The van der Waals surface area contributed by atoms with Crippen molar-refractivity contribution >= 4 is 11.4 Å². The van der Waals surface area contributed by atoms with E-state index in [1.807, 2.05) is 0 Å². The number of hydrogen-bond donors (Lipinski definition) is 2. The molecule has 0 spiro atoms. The van der Waals surface area contributed by atoms with Crippen molar-refractivity contribution in [2.24, 2.45) is 0 Å². The molecule has 0 aromatic heterocycles. The van der Waals surface area contributed by atoms with Gasteiger partial charge in [0.15, 0.2) is 5.75 Å². The molecule has 0 saturated heterocycles. The van der Waals surface area contributed by atoms with Gasteiger partial charge >= 0.3 is 53.7 Å². The summed E-state index contributed by atoms with van der Waals surface area (Å²) in [5.74, 6) is -62.6. The van der Waals surface area contributed by atoms with Crippen LogP contribution in [0.1, 0.15) is 5.56 Å². The number of anilines is 2. The van der Waals surface area contributed by atoms with Crippen molar-refractivity contribution in [1.82, 2.24) is 0 Å². The SMILES string of the molecule is Cc1cc(N)c(OC(F)(F)C(F)(F)C(F)(F)C(F)(F)C(F)(F)C(F)(F)C(F)(F)C(F)(F)C(F)(F)F)cc1N. The topological polar surface area (TPSA) is 61.3 Å². The largest absolute Gasteiger partial charge is 0.471 e. The van der Waals surface area contributed by atoms with Crippen LogP contribution in [0.5, 0.6) is 5.75 Å². The molecule has 1 rings (SSSR count). The minimum absolute atomic E-state index is 0.0769. The Morgan fingerprint density at radius 2 is 0.789 bits per heavy atom. The van der Waals surface area contributed by atoms with Gasteiger partial charge in [-0.15, -0.1) is 0 Å². The number of benzene rings is 1. The predicted octanol–water partition coefficient (Wildman–Crippen LogP) is 7.14. The lowest BCUT2D eigenvalue weighted by molar-refractivity contribution is -0.476. The molecule has 1 aromatic rings. The summed E-state index contributed by atoms with van der Waals surface area (Å²) in [4.78, 5) is 0. The van der Waals surface area contributed by atoms with Crippen LogP contribution >= 0.6 is 0 Å². The van der Waals surface area contributed by atoms with Crippen LogP contribution in [0.15, 0.2) is 12.1 Å². The minimum Gasteiger partial charge on any atom is -0.426 e. The Morgan fingerprint density at radius 1 is 0.474 bits per heavy atom. The molecule has 0 unspecified atom stereocenters. The van der Waals surface area contributed by atoms with E-state index in [0.29, 0.717) is 6.07 Å².